The molecule has 0 aromatic heterocycles. The molecule has 0 amide bonds. The molecule has 0 fully saturated rings. The van der Waals surface area contributed by atoms with Crippen LogP contribution in [0.1, 0.15) is 41.5 Å². The fourth-order valence-electron chi connectivity index (χ4n) is 0. The van der Waals surface area contributed by atoms with Crippen LogP contribution in [0.15, 0.2) is 0 Å². The van der Waals surface area contributed by atoms with Gasteiger partial charge in [-0.05, 0) is 0 Å². The van der Waals surface area contributed by atoms with Crippen molar-refractivity contribution < 1.29 is 32.7 Å². The molecule has 0 aromatic carbocycles. The Morgan fingerprint density at radius 2 is 0.429 bits per heavy atom. The van der Waals surface area contributed by atoms with Gasteiger partial charge in [-0.1, -0.05) is 41.5 Å². The molecular formula is C6H18Y. The van der Waals surface area contributed by atoms with Gasteiger partial charge in [0, 0.05) is 32.7 Å². The first-order valence-electron chi connectivity index (χ1n) is 3.00. The van der Waals surface area contributed by atoms with E-state index in [-0.39, 0.29) is 32.7 Å². The van der Waals surface area contributed by atoms with Crippen LogP contribution in [0.3, 0.4) is 0 Å². The summed E-state index contributed by atoms with van der Waals surface area (Å²) < 4.78 is 0. The van der Waals surface area contributed by atoms with Crippen molar-refractivity contribution >= 4 is 0 Å². The summed E-state index contributed by atoms with van der Waals surface area (Å²) in [5.74, 6) is 0. The van der Waals surface area contributed by atoms with Crippen molar-refractivity contribution in [3.8, 4) is 0 Å². The third kappa shape index (κ3) is 152. The van der Waals surface area contributed by atoms with E-state index in [9.17, 15) is 0 Å². The van der Waals surface area contributed by atoms with Crippen LogP contribution in [-0.2, 0) is 32.7 Å². The fraction of sp³-hybridized carbons (Fsp3) is 1.00. The standard InChI is InChI=1S/3C2H6.Y/c3*1-2;/h3*1-2H3;. The Balaban J connectivity index is -0.00000000900. The van der Waals surface area contributed by atoms with Crippen molar-refractivity contribution in [2.75, 3.05) is 0 Å². The van der Waals surface area contributed by atoms with Gasteiger partial charge in [-0.15, -0.1) is 0 Å². The van der Waals surface area contributed by atoms with Crippen LogP contribution in [0.2, 0.25) is 0 Å². The maximum Gasteiger partial charge on any atom is 0 e. The molecule has 0 atom stereocenters. The minimum absolute atomic E-state index is 0. The van der Waals surface area contributed by atoms with Crippen molar-refractivity contribution in [3.63, 3.8) is 0 Å². The molecule has 1 radical (unpaired) electrons. The monoisotopic (exact) mass is 179 g/mol. The van der Waals surface area contributed by atoms with E-state index in [1.165, 1.54) is 0 Å². The first-order valence-corrected chi connectivity index (χ1v) is 3.00. The Labute approximate surface area is 74.0 Å². The summed E-state index contributed by atoms with van der Waals surface area (Å²) in [6, 6.07) is 0. The third-order valence-electron chi connectivity index (χ3n) is 0. The van der Waals surface area contributed by atoms with Gasteiger partial charge in [0.25, 0.3) is 0 Å². The predicted octanol–water partition coefficient (Wildman–Crippen LogP) is 3.08. The van der Waals surface area contributed by atoms with Gasteiger partial charge >= 0.3 is 0 Å². The Bertz CT molecular complexity index is 4.14. The molecule has 7 heavy (non-hydrogen) atoms. The number of hydrogen-bond donors (Lipinski definition) is 0. The summed E-state index contributed by atoms with van der Waals surface area (Å²) in [4.78, 5) is 0. The second kappa shape index (κ2) is 217. The molecule has 0 saturated carbocycles. The van der Waals surface area contributed by atoms with E-state index in [0.717, 1.165) is 0 Å². The molecule has 45 valence electrons. The van der Waals surface area contributed by atoms with Gasteiger partial charge in [0.1, 0.15) is 0 Å². The molecule has 1 heteroatoms. The molecule has 0 heterocycles. The van der Waals surface area contributed by atoms with Gasteiger partial charge in [0.05, 0.1) is 0 Å². The second-order valence-electron chi connectivity index (χ2n) is 0. The molecule has 0 aliphatic heterocycles. The van der Waals surface area contributed by atoms with E-state index in [1.54, 1.807) is 0 Å². The molecule has 0 aliphatic carbocycles. The fourth-order valence-corrected chi connectivity index (χ4v) is 0. The van der Waals surface area contributed by atoms with Crippen LogP contribution in [0.4, 0.5) is 0 Å². The van der Waals surface area contributed by atoms with Gasteiger partial charge in [-0.25, -0.2) is 0 Å². The van der Waals surface area contributed by atoms with E-state index in [0.29, 0.717) is 0 Å². The molecule has 0 aliphatic rings. The Hall–Kier alpha value is 1.10. The van der Waals surface area contributed by atoms with Crippen LogP contribution in [0, 0.1) is 0 Å². The zero-order chi connectivity index (χ0) is 6.00. The third-order valence-corrected chi connectivity index (χ3v) is 0. The zero-order valence-electron chi connectivity index (χ0n) is 6.58. The Morgan fingerprint density at radius 3 is 0.429 bits per heavy atom. The maximum absolute atomic E-state index is 2.00. The molecule has 0 spiro atoms. The molecular weight excluding hydrogens is 161 g/mol. The average molecular weight is 179 g/mol. The minimum Gasteiger partial charge on any atom is -0.0683 e. The summed E-state index contributed by atoms with van der Waals surface area (Å²) in [6.07, 6.45) is 0. The predicted molar refractivity (Wildman–Crippen MR) is 34.0 cm³/mol. The van der Waals surface area contributed by atoms with Gasteiger partial charge in [0.15, 0.2) is 0 Å². The van der Waals surface area contributed by atoms with Crippen LogP contribution >= 0.6 is 0 Å². The molecule has 0 unspecified atom stereocenters. The van der Waals surface area contributed by atoms with Crippen LogP contribution in [0.5, 0.6) is 0 Å². The van der Waals surface area contributed by atoms with Crippen molar-refractivity contribution in [1.29, 1.82) is 0 Å². The summed E-state index contributed by atoms with van der Waals surface area (Å²) in [7, 11) is 0. The SMILES string of the molecule is CC.CC.CC.[Y]. The summed E-state index contributed by atoms with van der Waals surface area (Å²) >= 11 is 0. The van der Waals surface area contributed by atoms with Crippen molar-refractivity contribution in [2.24, 2.45) is 0 Å². The Morgan fingerprint density at radius 1 is 0.429 bits per heavy atom. The normalized spacial score (nSPS) is 2.57. The molecule has 0 nitrogen and oxygen atoms in total. The van der Waals surface area contributed by atoms with Crippen LogP contribution < -0.4 is 0 Å². The topological polar surface area (TPSA) is 0 Å². The van der Waals surface area contributed by atoms with Crippen molar-refractivity contribution in [3.05, 3.63) is 0 Å². The van der Waals surface area contributed by atoms with E-state index >= 15 is 0 Å². The van der Waals surface area contributed by atoms with Crippen molar-refractivity contribution in [2.45, 2.75) is 41.5 Å². The molecule has 0 N–H and O–H groups in total. The Kier molecular flexibility index (Phi) is 753. The van der Waals surface area contributed by atoms with Gasteiger partial charge in [-0.2, -0.15) is 0 Å². The van der Waals surface area contributed by atoms with Crippen LogP contribution in [-0.4, -0.2) is 0 Å². The smallest absolute Gasteiger partial charge is 0 e. The quantitative estimate of drug-likeness (QED) is 0.536. The molecule has 0 bridgehead atoms. The average Bonchev–Trinajstić information content (AvgIpc) is 1.81. The number of hydrogen-bond acceptors (Lipinski definition) is 0. The molecule has 0 aromatic rings. The maximum atomic E-state index is 2.00. The summed E-state index contributed by atoms with van der Waals surface area (Å²) in [5.41, 5.74) is 0. The second-order valence-corrected chi connectivity index (χ2v) is 0. The zero-order valence-corrected chi connectivity index (χ0v) is 9.42. The molecule has 0 rings (SSSR count). The van der Waals surface area contributed by atoms with E-state index in [1.807, 2.05) is 41.5 Å². The van der Waals surface area contributed by atoms with E-state index in [4.69, 9.17) is 0 Å². The number of rotatable bonds is 0. The molecule has 0 saturated heterocycles. The minimum atomic E-state index is 0. The van der Waals surface area contributed by atoms with Crippen molar-refractivity contribution in [1.82, 2.24) is 0 Å². The first-order chi connectivity index (χ1) is 3.00. The van der Waals surface area contributed by atoms with Crippen LogP contribution in [0.25, 0.3) is 0 Å². The summed E-state index contributed by atoms with van der Waals surface area (Å²) in [5, 5.41) is 0. The van der Waals surface area contributed by atoms with Gasteiger partial charge in [0.2, 0.25) is 0 Å². The van der Waals surface area contributed by atoms with Gasteiger partial charge in [-0.3, -0.25) is 0 Å². The van der Waals surface area contributed by atoms with E-state index in [2.05, 4.69) is 0 Å². The largest absolute Gasteiger partial charge is 0.0683 e. The summed E-state index contributed by atoms with van der Waals surface area (Å²) in [6.45, 7) is 12.0. The first kappa shape index (κ1) is 24.3. The van der Waals surface area contributed by atoms with Gasteiger partial charge < -0.3 is 0 Å². The van der Waals surface area contributed by atoms with E-state index < -0.39 is 0 Å².